The third kappa shape index (κ3) is 8.87. The van der Waals surface area contributed by atoms with Gasteiger partial charge in [0.15, 0.2) is 5.82 Å². The first-order valence-electron chi connectivity index (χ1n) is 18.3. The molecule has 3 heterocycles. The molecule has 14 heteroatoms. The van der Waals surface area contributed by atoms with Crippen LogP contribution in [0.5, 0.6) is 0 Å². The van der Waals surface area contributed by atoms with Gasteiger partial charge in [-0.3, -0.25) is 14.7 Å². The molecule has 0 saturated carbocycles. The number of hydrogen-bond acceptors (Lipinski definition) is 6. The SMILES string of the molecule is O=C(c1ccccc1N(C(=O)C(F)(F)F)C1CCOCC1)N(c1n[nH]c2ccc(Cc3cc(F)cc(F)c3)cc12)N1CCC(COCc2ccccc2)CC1. The summed E-state index contributed by atoms with van der Waals surface area (Å²) in [5.41, 5.74) is 2.44. The predicted molar refractivity (Wildman–Crippen MR) is 196 cm³/mol. The van der Waals surface area contributed by atoms with E-state index in [0.29, 0.717) is 66.1 Å². The number of H-pyrrole nitrogens is 1. The topological polar surface area (TPSA) is 91.0 Å². The molecule has 9 nitrogen and oxygen atoms in total. The number of nitrogens with one attached hydrogen (secondary N) is 1. The molecule has 0 unspecified atom stereocenters. The molecule has 2 fully saturated rings. The Hall–Kier alpha value is -5.18. The van der Waals surface area contributed by atoms with Gasteiger partial charge >= 0.3 is 12.1 Å². The smallest absolute Gasteiger partial charge is 0.381 e. The number of ether oxygens (including phenoxy) is 2. The number of hydrogen-bond donors (Lipinski definition) is 1. The molecule has 2 aliphatic heterocycles. The molecule has 2 saturated heterocycles. The van der Waals surface area contributed by atoms with E-state index in [1.807, 2.05) is 35.3 Å². The monoisotopic (exact) mass is 761 g/mol. The van der Waals surface area contributed by atoms with Gasteiger partial charge in [-0.15, -0.1) is 0 Å². The number of hydrazine groups is 1. The molecule has 1 N–H and O–H groups in total. The second-order valence-electron chi connectivity index (χ2n) is 13.9. The second-order valence-corrected chi connectivity index (χ2v) is 13.9. The fourth-order valence-electron chi connectivity index (χ4n) is 7.36. The van der Waals surface area contributed by atoms with Crippen molar-refractivity contribution in [3.63, 3.8) is 0 Å². The third-order valence-corrected chi connectivity index (χ3v) is 10.1. The van der Waals surface area contributed by atoms with Crippen molar-refractivity contribution in [2.75, 3.05) is 42.8 Å². The Morgan fingerprint density at radius 2 is 1.53 bits per heavy atom. The van der Waals surface area contributed by atoms with Gasteiger partial charge in [-0.1, -0.05) is 48.5 Å². The van der Waals surface area contributed by atoms with E-state index < -0.39 is 35.7 Å². The predicted octanol–water partition coefficient (Wildman–Crippen LogP) is 8.00. The molecule has 0 bridgehead atoms. The molecule has 288 valence electrons. The van der Waals surface area contributed by atoms with Crippen LogP contribution >= 0.6 is 0 Å². The molecule has 1 aromatic heterocycles. The van der Waals surface area contributed by atoms with Crippen LogP contribution in [0.4, 0.5) is 33.5 Å². The fourth-order valence-corrected chi connectivity index (χ4v) is 7.36. The summed E-state index contributed by atoms with van der Waals surface area (Å²) >= 11 is 0. The van der Waals surface area contributed by atoms with Gasteiger partial charge < -0.3 is 14.4 Å². The number of amides is 2. The lowest BCUT2D eigenvalue weighted by molar-refractivity contribution is -0.171. The highest BCUT2D eigenvalue weighted by molar-refractivity contribution is 6.14. The summed E-state index contributed by atoms with van der Waals surface area (Å²) in [4.78, 5) is 28.8. The van der Waals surface area contributed by atoms with Crippen LogP contribution in [-0.4, -0.2) is 72.1 Å². The van der Waals surface area contributed by atoms with Gasteiger partial charge in [-0.05, 0) is 91.1 Å². The van der Waals surface area contributed by atoms with Gasteiger partial charge in [0.2, 0.25) is 0 Å². The van der Waals surface area contributed by atoms with Crippen LogP contribution in [0.15, 0.2) is 91.0 Å². The van der Waals surface area contributed by atoms with Crippen molar-refractivity contribution in [3.8, 4) is 0 Å². The Labute approximate surface area is 314 Å². The maximum atomic E-state index is 15.0. The Morgan fingerprint density at radius 1 is 0.836 bits per heavy atom. The van der Waals surface area contributed by atoms with E-state index in [2.05, 4.69) is 10.2 Å². The Balaban J connectivity index is 1.23. The molecule has 5 aromatic rings. The van der Waals surface area contributed by atoms with Crippen molar-refractivity contribution in [1.29, 1.82) is 0 Å². The Kier molecular flexibility index (Phi) is 11.6. The number of carbonyl (C=O) groups is 2. The number of benzene rings is 4. The van der Waals surface area contributed by atoms with E-state index in [1.54, 1.807) is 24.3 Å². The maximum Gasteiger partial charge on any atom is 0.471 e. The number of para-hydroxylation sites is 1. The molecular weight excluding hydrogens is 721 g/mol. The van der Waals surface area contributed by atoms with Gasteiger partial charge in [0.25, 0.3) is 5.91 Å². The van der Waals surface area contributed by atoms with Crippen molar-refractivity contribution < 1.29 is 41.0 Å². The summed E-state index contributed by atoms with van der Waals surface area (Å²) in [7, 11) is 0. The normalized spacial score (nSPS) is 16.0. The van der Waals surface area contributed by atoms with Crippen LogP contribution in [0.2, 0.25) is 0 Å². The molecule has 4 aromatic carbocycles. The first-order chi connectivity index (χ1) is 26.5. The molecule has 0 spiro atoms. The van der Waals surface area contributed by atoms with Crippen LogP contribution in [0.1, 0.15) is 52.7 Å². The molecule has 0 aliphatic carbocycles. The lowest BCUT2D eigenvalue weighted by Gasteiger charge is -2.40. The maximum absolute atomic E-state index is 15.0. The van der Waals surface area contributed by atoms with Crippen molar-refractivity contribution in [1.82, 2.24) is 15.2 Å². The minimum atomic E-state index is -5.20. The number of anilines is 2. The number of nitrogens with zero attached hydrogens (tertiary/aromatic N) is 4. The quantitative estimate of drug-likeness (QED) is 0.137. The van der Waals surface area contributed by atoms with Gasteiger partial charge in [-0.2, -0.15) is 18.3 Å². The Morgan fingerprint density at radius 3 is 2.24 bits per heavy atom. The number of aromatic amines is 1. The zero-order valence-corrected chi connectivity index (χ0v) is 29.9. The zero-order chi connectivity index (χ0) is 38.5. The van der Waals surface area contributed by atoms with E-state index in [-0.39, 0.29) is 55.5 Å². The van der Waals surface area contributed by atoms with Crippen molar-refractivity contribution in [3.05, 3.63) is 125 Å². The number of fused-ring (bicyclic) bond motifs is 1. The summed E-state index contributed by atoms with van der Waals surface area (Å²) in [6.07, 6.45) is -3.39. The van der Waals surface area contributed by atoms with Crippen molar-refractivity contribution in [2.45, 2.75) is 50.9 Å². The number of aromatic nitrogens is 2. The fraction of sp³-hybridized carbons (Fsp3) is 0.341. The average molecular weight is 762 g/mol. The summed E-state index contributed by atoms with van der Waals surface area (Å²) in [5, 5.41) is 11.2. The van der Waals surface area contributed by atoms with Crippen LogP contribution in [-0.2, 0) is 27.3 Å². The van der Waals surface area contributed by atoms with Crippen LogP contribution in [0.25, 0.3) is 10.9 Å². The zero-order valence-electron chi connectivity index (χ0n) is 29.9. The van der Waals surface area contributed by atoms with E-state index in [9.17, 15) is 26.7 Å². The molecule has 0 atom stereocenters. The van der Waals surface area contributed by atoms with E-state index >= 15 is 4.79 Å². The highest BCUT2D eigenvalue weighted by atomic mass is 19.4. The molecule has 55 heavy (non-hydrogen) atoms. The standard InChI is InChI=1S/C41H40F5N5O4/c42-31-21-30(22-32(43)24-31)20-29-10-11-36-35(23-29)38(48-47-36)51(49-16-12-28(13-17-49)26-55-25-27-6-2-1-3-7-27)39(52)34-8-4-5-9-37(34)50(40(53)41(44,45)46)33-14-18-54-19-15-33/h1-11,21-24,28,33H,12-20,25-26H2,(H,47,48). The molecule has 2 amide bonds. The van der Waals surface area contributed by atoms with E-state index in [1.165, 1.54) is 35.3 Å². The van der Waals surface area contributed by atoms with Crippen molar-refractivity contribution >= 4 is 34.2 Å². The second kappa shape index (κ2) is 16.7. The number of halogens is 5. The van der Waals surface area contributed by atoms with Crippen LogP contribution in [0, 0.1) is 17.6 Å². The average Bonchev–Trinajstić information content (AvgIpc) is 3.58. The van der Waals surface area contributed by atoms with Gasteiger partial charge in [0.1, 0.15) is 11.6 Å². The number of carbonyl (C=O) groups excluding carboxylic acids is 2. The lowest BCUT2D eigenvalue weighted by Crippen LogP contribution is -2.52. The largest absolute Gasteiger partial charge is 0.471 e. The molecule has 2 aliphatic rings. The summed E-state index contributed by atoms with van der Waals surface area (Å²) in [6.45, 7) is 2.11. The lowest BCUT2D eigenvalue weighted by atomic mass is 9.98. The van der Waals surface area contributed by atoms with Crippen molar-refractivity contribution in [2.24, 2.45) is 5.92 Å². The molecule has 7 rings (SSSR count). The van der Waals surface area contributed by atoms with Crippen LogP contribution in [0.3, 0.4) is 0 Å². The Bertz CT molecular complexity index is 2090. The summed E-state index contributed by atoms with van der Waals surface area (Å²) in [6, 6.07) is 23.4. The summed E-state index contributed by atoms with van der Waals surface area (Å²) in [5.74, 6) is -3.77. The molecular formula is C41H40F5N5O4. The first kappa shape index (κ1) is 38.1. The highest BCUT2D eigenvalue weighted by Crippen LogP contribution is 2.36. The summed E-state index contributed by atoms with van der Waals surface area (Å²) < 4.78 is 82.1. The number of rotatable bonds is 11. The first-order valence-corrected chi connectivity index (χ1v) is 18.3. The number of piperidine rings is 1. The van der Waals surface area contributed by atoms with Gasteiger partial charge in [0.05, 0.1) is 23.4 Å². The highest BCUT2D eigenvalue weighted by Gasteiger charge is 2.47. The van der Waals surface area contributed by atoms with E-state index in [4.69, 9.17) is 9.47 Å². The minimum absolute atomic E-state index is 0.109. The molecule has 0 radical (unpaired) electrons. The third-order valence-electron chi connectivity index (χ3n) is 10.1. The van der Waals surface area contributed by atoms with Gasteiger partial charge in [0, 0.05) is 50.4 Å². The number of alkyl halides is 3. The van der Waals surface area contributed by atoms with Crippen LogP contribution < -0.4 is 9.91 Å². The van der Waals surface area contributed by atoms with E-state index in [0.717, 1.165) is 11.6 Å². The minimum Gasteiger partial charge on any atom is -0.381 e. The van der Waals surface area contributed by atoms with Gasteiger partial charge in [-0.25, -0.2) is 18.8 Å².